The molecule has 104 valence electrons. The van der Waals surface area contributed by atoms with Crippen LogP contribution in [-0.2, 0) is 16.3 Å². The minimum absolute atomic E-state index is 0.00675. The number of thiazole rings is 1. The Hall–Kier alpha value is -0.950. The molecule has 19 heavy (non-hydrogen) atoms. The molecule has 0 amide bonds. The molecule has 1 aliphatic carbocycles. The van der Waals surface area contributed by atoms with E-state index in [-0.39, 0.29) is 23.3 Å². The summed E-state index contributed by atoms with van der Waals surface area (Å²) in [5.41, 5.74) is 0.893. The number of Topliss-reactive ketones (excluding diaryl/α,β-unsaturated/α-hetero) is 1. The molecule has 0 bridgehead atoms. The summed E-state index contributed by atoms with van der Waals surface area (Å²) in [5, 5.41) is 0.780. The SMILES string of the molecule is CN(c1nc2c(s1)C(=O)CCC2)C1CCS(=O)(=O)C1. The summed E-state index contributed by atoms with van der Waals surface area (Å²) >= 11 is 1.41. The number of ketones is 1. The second-order valence-corrected chi connectivity index (χ2v) is 8.42. The summed E-state index contributed by atoms with van der Waals surface area (Å²) in [6.45, 7) is 0. The first kappa shape index (κ1) is 13.1. The Morgan fingerprint density at radius 3 is 2.79 bits per heavy atom. The van der Waals surface area contributed by atoms with Crippen LogP contribution in [-0.4, -0.2) is 43.8 Å². The van der Waals surface area contributed by atoms with Gasteiger partial charge in [-0.3, -0.25) is 4.79 Å². The molecule has 1 unspecified atom stereocenters. The molecule has 1 aromatic heterocycles. The molecule has 1 aromatic rings. The Kier molecular flexibility index (Phi) is 3.13. The van der Waals surface area contributed by atoms with E-state index in [1.807, 2.05) is 11.9 Å². The molecule has 1 aliphatic heterocycles. The first-order valence-electron chi connectivity index (χ1n) is 6.42. The number of carbonyl (C=O) groups excluding carboxylic acids is 1. The Labute approximate surface area is 116 Å². The van der Waals surface area contributed by atoms with Crippen LogP contribution in [0.1, 0.15) is 34.6 Å². The highest BCUT2D eigenvalue weighted by molar-refractivity contribution is 7.91. The number of hydrogen-bond acceptors (Lipinski definition) is 6. The number of sulfone groups is 1. The van der Waals surface area contributed by atoms with Crippen LogP contribution >= 0.6 is 11.3 Å². The van der Waals surface area contributed by atoms with Crippen LogP contribution < -0.4 is 4.90 Å². The van der Waals surface area contributed by atoms with Gasteiger partial charge in [-0.15, -0.1) is 0 Å². The zero-order chi connectivity index (χ0) is 13.6. The van der Waals surface area contributed by atoms with Gasteiger partial charge in [0, 0.05) is 19.5 Å². The van der Waals surface area contributed by atoms with Crippen molar-refractivity contribution < 1.29 is 13.2 Å². The van der Waals surface area contributed by atoms with E-state index in [9.17, 15) is 13.2 Å². The maximum atomic E-state index is 11.8. The Morgan fingerprint density at radius 1 is 1.37 bits per heavy atom. The summed E-state index contributed by atoms with van der Waals surface area (Å²) in [4.78, 5) is 19.0. The number of aryl methyl sites for hydroxylation is 1. The highest BCUT2D eigenvalue weighted by Gasteiger charge is 2.33. The quantitative estimate of drug-likeness (QED) is 0.823. The number of anilines is 1. The van der Waals surface area contributed by atoms with E-state index in [1.54, 1.807) is 0 Å². The highest BCUT2D eigenvalue weighted by Crippen LogP contribution is 2.33. The van der Waals surface area contributed by atoms with Gasteiger partial charge in [0.05, 0.1) is 22.1 Å². The normalized spacial score (nSPS) is 25.3. The third-order valence-electron chi connectivity index (χ3n) is 3.81. The first-order valence-corrected chi connectivity index (χ1v) is 9.06. The van der Waals surface area contributed by atoms with Gasteiger partial charge in [-0.1, -0.05) is 11.3 Å². The molecule has 0 spiro atoms. The molecule has 5 nitrogen and oxygen atoms in total. The molecule has 1 atom stereocenters. The predicted octanol–water partition coefficient (Wildman–Crippen LogP) is 1.29. The van der Waals surface area contributed by atoms with Crippen molar-refractivity contribution in [3.8, 4) is 0 Å². The molecule has 2 heterocycles. The number of rotatable bonds is 2. The molecule has 2 aliphatic rings. The van der Waals surface area contributed by atoms with Crippen LogP contribution in [0.25, 0.3) is 0 Å². The lowest BCUT2D eigenvalue weighted by Crippen LogP contribution is -2.32. The molecule has 0 saturated carbocycles. The van der Waals surface area contributed by atoms with Gasteiger partial charge >= 0.3 is 0 Å². The van der Waals surface area contributed by atoms with Gasteiger partial charge in [0.1, 0.15) is 0 Å². The van der Waals surface area contributed by atoms with Gasteiger partial charge in [-0.2, -0.15) is 0 Å². The lowest BCUT2D eigenvalue weighted by molar-refractivity contribution is 0.0976. The van der Waals surface area contributed by atoms with E-state index in [1.165, 1.54) is 11.3 Å². The molecule has 1 saturated heterocycles. The summed E-state index contributed by atoms with van der Waals surface area (Å²) < 4.78 is 23.1. The topological polar surface area (TPSA) is 67.3 Å². The number of carbonyl (C=O) groups is 1. The van der Waals surface area contributed by atoms with Gasteiger partial charge < -0.3 is 4.90 Å². The minimum atomic E-state index is -2.89. The summed E-state index contributed by atoms with van der Waals surface area (Å²) in [6, 6.07) is -0.00675. The first-order chi connectivity index (χ1) is 8.96. The molecular weight excluding hydrogens is 284 g/mol. The van der Waals surface area contributed by atoms with Crippen molar-refractivity contribution >= 4 is 32.1 Å². The minimum Gasteiger partial charge on any atom is -0.347 e. The molecule has 0 N–H and O–H groups in total. The molecule has 1 fully saturated rings. The Morgan fingerprint density at radius 2 is 2.16 bits per heavy atom. The van der Waals surface area contributed by atoms with Gasteiger partial charge in [0.25, 0.3) is 0 Å². The maximum Gasteiger partial charge on any atom is 0.186 e. The van der Waals surface area contributed by atoms with E-state index < -0.39 is 9.84 Å². The molecule has 0 aromatic carbocycles. The number of aromatic nitrogens is 1. The highest BCUT2D eigenvalue weighted by atomic mass is 32.2. The third kappa shape index (κ3) is 2.41. The number of nitrogens with zero attached hydrogens (tertiary/aromatic N) is 2. The predicted molar refractivity (Wildman–Crippen MR) is 74.8 cm³/mol. The average molecular weight is 300 g/mol. The van der Waals surface area contributed by atoms with Crippen molar-refractivity contribution in [2.75, 3.05) is 23.5 Å². The summed E-state index contributed by atoms with van der Waals surface area (Å²) in [7, 11) is -1.02. The number of hydrogen-bond donors (Lipinski definition) is 0. The smallest absolute Gasteiger partial charge is 0.186 e. The second kappa shape index (κ2) is 4.56. The van der Waals surface area contributed by atoms with Crippen LogP contribution in [0.3, 0.4) is 0 Å². The van der Waals surface area contributed by atoms with Crippen molar-refractivity contribution in [2.45, 2.75) is 31.7 Å². The maximum absolute atomic E-state index is 11.8. The molecule has 0 radical (unpaired) electrons. The lowest BCUT2D eigenvalue weighted by Gasteiger charge is -2.22. The van der Waals surface area contributed by atoms with Crippen LogP contribution in [0.4, 0.5) is 5.13 Å². The molecule has 7 heteroatoms. The molecular formula is C12H16N2O3S2. The number of fused-ring (bicyclic) bond motifs is 1. The monoisotopic (exact) mass is 300 g/mol. The van der Waals surface area contributed by atoms with Crippen molar-refractivity contribution in [2.24, 2.45) is 0 Å². The Bertz CT molecular complexity index is 621. The molecule has 3 rings (SSSR count). The van der Waals surface area contributed by atoms with Gasteiger partial charge in [0.2, 0.25) is 0 Å². The van der Waals surface area contributed by atoms with Crippen LogP contribution in [0, 0.1) is 0 Å². The van der Waals surface area contributed by atoms with Crippen LogP contribution in [0.5, 0.6) is 0 Å². The summed E-state index contributed by atoms with van der Waals surface area (Å²) in [6.07, 6.45) is 2.98. The fourth-order valence-electron chi connectivity index (χ4n) is 2.64. The van der Waals surface area contributed by atoms with Crippen molar-refractivity contribution in [3.63, 3.8) is 0 Å². The van der Waals surface area contributed by atoms with Crippen molar-refractivity contribution in [1.29, 1.82) is 0 Å². The van der Waals surface area contributed by atoms with Gasteiger partial charge in [-0.05, 0) is 19.3 Å². The van der Waals surface area contributed by atoms with Crippen molar-refractivity contribution in [3.05, 3.63) is 10.6 Å². The van der Waals surface area contributed by atoms with Crippen molar-refractivity contribution in [1.82, 2.24) is 4.98 Å². The van der Waals surface area contributed by atoms with Gasteiger partial charge in [-0.25, -0.2) is 13.4 Å². The second-order valence-electron chi connectivity index (χ2n) is 5.22. The van der Waals surface area contributed by atoms with Crippen LogP contribution in [0.2, 0.25) is 0 Å². The average Bonchev–Trinajstić information content (AvgIpc) is 2.92. The fourth-order valence-corrected chi connectivity index (χ4v) is 5.53. The largest absolute Gasteiger partial charge is 0.347 e. The van der Waals surface area contributed by atoms with E-state index in [4.69, 9.17) is 0 Å². The lowest BCUT2D eigenvalue weighted by atomic mass is 10.0. The summed E-state index contributed by atoms with van der Waals surface area (Å²) in [5.74, 6) is 0.630. The van der Waals surface area contributed by atoms with E-state index >= 15 is 0 Å². The van der Waals surface area contributed by atoms with E-state index in [0.29, 0.717) is 12.8 Å². The Balaban J connectivity index is 1.85. The van der Waals surface area contributed by atoms with E-state index in [2.05, 4.69) is 4.98 Å². The van der Waals surface area contributed by atoms with Crippen LogP contribution in [0.15, 0.2) is 0 Å². The van der Waals surface area contributed by atoms with E-state index in [0.717, 1.165) is 28.5 Å². The third-order valence-corrected chi connectivity index (χ3v) is 6.79. The fraction of sp³-hybridized carbons (Fsp3) is 0.667. The zero-order valence-electron chi connectivity index (χ0n) is 10.8. The zero-order valence-corrected chi connectivity index (χ0v) is 12.4. The van der Waals surface area contributed by atoms with Gasteiger partial charge in [0.15, 0.2) is 20.8 Å². The standard InChI is InChI=1S/C12H16N2O3S2/c1-14(8-5-6-19(16,17)7-8)12-13-9-3-2-4-10(15)11(9)18-12/h8H,2-7H2,1H3.